The second kappa shape index (κ2) is 6.91. The number of benzene rings is 2. The second-order valence-electron chi connectivity index (χ2n) is 5.47. The summed E-state index contributed by atoms with van der Waals surface area (Å²) >= 11 is 0. The lowest BCUT2D eigenvalue weighted by Gasteiger charge is -2.09. The Bertz CT molecular complexity index is 782. The number of sulfone groups is 1. The number of hydrogen-bond acceptors (Lipinski definition) is 3. The number of halogens is 1. The van der Waals surface area contributed by atoms with Crippen LogP contribution in [0.15, 0.2) is 53.4 Å². The van der Waals surface area contributed by atoms with E-state index >= 15 is 0 Å². The van der Waals surface area contributed by atoms with Crippen LogP contribution >= 0.6 is 0 Å². The maximum atomic E-state index is 12.8. The molecule has 0 aliphatic heterocycles. The van der Waals surface area contributed by atoms with Crippen molar-refractivity contribution in [2.24, 2.45) is 0 Å². The van der Waals surface area contributed by atoms with E-state index in [4.69, 9.17) is 0 Å². The minimum atomic E-state index is -3.32. The van der Waals surface area contributed by atoms with Crippen LogP contribution in [0.4, 0.5) is 10.1 Å². The molecule has 4 nitrogen and oxygen atoms in total. The molecule has 2 aromatic rings. The number of carbonyl (C=O) groups excluding carboxylic acids is 1. The highest BCUT2D eigenvalue weighted by Crippen LogP contribution is 2.18. The Labute approximate surface area is 135 Å². The molecule has 0 aliphatic carbocycles. The summed E-state index contributed by atoms with van der Waals surface area (Å²) in [7, 11) is -3.32. The van der Waals surface area contributed by atoms with Crippen LogP contribution < -0.4 is 5.32 Å². The topological polar surface area (TPSA) is 63.2 Å². The number of anilines is 1. The first-order valence-electron chi connectivity index (χ1n) is 7.17. The average molecular weight is 335 g/mol. The van der Waals surface area contributed by atoms with Crippen molar-refractivity contribution < 1.29 is 17.6 Å². The van der Waals surface area contributed by atoms with Gasteiger partial charge in [-0.05, 0) is 55.8 Å². The van der Waals surface area contributed by atoms with Gasteiger partial charge in [-0.15, -0.1) is 0 Å². The Kier molecular flexibility index (Phi) is 5.15. The molecular weight excluding hydrogens is 317 g/mol. The number of hydrogen-bond donors (Lipinski definition) is 1. The highest BCUT2D eigenvalue weighted by molar-refractivity contribution is 7.92. The normalized spacial score (nSPS) is 11.5. The minimum absolute atomic E-state index is 0.117. The van der Waals surface area contributed by atoms with Gasteiger partial charge in [-0.1, -0.05) is 12.1 Å². The van der Waals surface area contributed by atoms with E-state index in [0.29, 0.717) is 11.3 Å². The lowest BCUT2D eigenvalue weighted by atomic mass is 10.1. The van der Waals surface area contributed by atoms with Crippen molar-refractivity contribution in [3.05, 3.63) is 59.9 Å². The van der Waals surface area contributed by atoms with Crippen LogP contribution in [0.25, 0.3) is 0 Å². The van der Waals surface area contributed by atoms with Gasteiger partial charge in [0.05, 0.1) is 16.6 Å². The molecule has 0 aromatic heterocycles. The molecule has 2 aromatic carbocycles. The molecule has 0 radical (unpaired) electrons. The van der Waals surface area contributed by atoms with Gasteiger partial charge in [-0.2, -0.15) is 0 Å². The zero-order valence-electron chi connectivity index (χ0n) is 12.9. The van der Waals surface area contributed by atoms with Gasteiger partial charge in [0.1, 0.15) is 5.82 Å². The maximum Gasteiger partial charge on any atom is 0.228 e. The minimum Gasteiger partial charge on any atom is -0.326 e. The Hall–Kier alpha value is -2.21. The fourth-order valence-corrected chi connectivity index (χ4v) is 3.05. The molecule has 122 valence electrons. The average Bonchev–Trinajstić information content (AvgIpc) is 2.50. The first-order chi connectivity index (χ1) is 10.8. The summed E-state index contributed by atoms with van der Waals surface area (Å²) < 4.78 is 36.8. The van der Waals surface area contributed by atoms with Crippen molar-refractivity contribution >= 4 is 21.4 Å². The molecule has 0 fully saturated rings. The molecule has 23 heavy (non-hydrogen) atoms. The molecule has 6 heteroatoms. The van der Waals surface area contributed by atoms with Gasteiger partial charge in [0.25, 0.3) is 0 Å². The van der Waals surface area contributed by atoms with Gasteiger partial charge in [-0.25, -0.2) is 12.8 Å². The van der Waals surface area contributed by atoms with Crippen LogP contribution in [-0.4, -0.2) is 19.6 Å². The summed E-state index contributed by atoms with van der Waals surface area (Å²) in [4.78, 5) is 12.2. The highest BCUT2D eigenvalue weighted by atomic mass is 32.2. The van der Waals surface area contributed by atoms with Crippen LogP contribution in [0.1, 0.15) is 19.4 Å². The lowest BCUT2D eigenvalue weighted by molar-refractivity contribution is -0.115. The summed E-state index contributed by atoms with van der Waals surface area (Å²) in [6.07, 6.45) is 0.117. The van der Waals surface area contributed by atoms with E-state index in [-0.39, 0.29) is 23.0 Å². The van der Waals surface area contributed by atoms with Gasteiger partial charge >= 0.3 is 0 Å². The SMILES string of the molecule is CC(C)S(=O)(=O)c1ccc(NC(=O)Cc2ccc(F)cc2)cc1. The summed E-state index contributed by atoms with van der Waals surface area (Å²) in [5.74, 6) is -0.604. The molecule has 1 amide bonds. The molecule has 0 atom stereocenters. The molecule has 1 N–H and O–H groups in total. The molecule has 0 bridgehead atoms. The van der Waals surface area contributed by atoms with Crippen LogP contribution in [-0.2, 0) is 21.1 Å². The third kappa shape index (κ3) is 4.39. The fourth-order valence-electron chi connectivity index (χ4n) is 1.99. The van der Waals surface area contributed by atoms with Crippen LogP contribution in [0, 0.1) is 5.82 Å². The quantitative estimate of drug-likeness (QED) is 0.913. The molecular formula is C17H18FNO3S. The van der Waals surface area contributed by atoms with Crippen molar-refractivity contribution in [3.63, 3.8) is 0 Å². The maximum absolute atomic E-state index is 12.8. The van der Waals surface area contributed by atoms with E-state index in [9.17, 15) is 17.6 Å². The Balaban J connectivity index is 2.03. The smallest absolute Gasteiger partial charge is 0.228 e. The van der Waals surface area contributed by atoms with Gasteiger partial charge in [-0.3, -0.25) is 4.79 Å². The number of carbonyl (C=O) groups is 1. The Morgan fingerprint density at radius 1 is 1.04 bits per heavy atom. The van der Waals surface area contributed by atoms with Gasteiger partial charge in [0, 0.05) is 5.69 Å². The van der Waals surface area contributed by atoms with Crippen molar-refractivity contribution in [1.82, 2.24) is 0 Å². The molecule has 0 aliphatic rings. The van der Waals surface area contributed by atoms with Gasteiger partial charge < -0.3 is 5.32 Å². The van der Waals surface area contributed by atoms with Crippen LogP contribution in [0.5, 0.6) is 0 Å². The van der Waals surface area contributed by atoms with Crippen molar-refractivity contribution in [3.8, 4) is 0 Å². The standard InChI is InChI=1S/C17H18FNO3S/c1-12(2)23(21,22)16-9-7-15(8-10-16)19-17(20)11-13-3-5-14(18)6-4-13/h3-10,12H,11H2,1-2H3,(H,19,20). The van der Waals surface area contributed by atoms with Gasteiger partial charge in [0.15, 0.2) is 9.84 Å². The third-order valence-electron chi connectivity index (χ3n) is 3.37. The van der Waals surface area contributed by atoms with Crippen LogP contribution in [0.3, 0.4) is 0 Å². The van der Waals surface area contributed by atoms with Gasteiger partial charge in [0.2, 0.25) is 5.91 Å². The number of rotatable bonds is 5. The third-order valence-corrected chi connectivity index (χ3v) is 5.54. The second-order valence-corrected chi connectivity index (χ2v) is 7.97. The number of amides is 1. The first-order valence-corrected chi connectivity index (χ1v) is 8.72. The molecule has 0 heterocycles. The van der Waals surface area contributed by atoms with E-state index in [1.54, 1.807) is 38.1 Å². The number of nitrogens with one attached hydrogen (secondary N) is 1. The van der Waals surface area contributed by atoms with E-state index in [0.717, 1.165) is 0 Å². The summed E-state index contributed by atoms with van der Waals surface area (Å²) in [5, 5.41) is 2.19. The van der Waals surface area contributed by atoms with E-state index < -0.39 is 15.1 Å². The zero-order valence-corrected chi connectivity index (χ0v) is 13.7. The highest BCUT2D eigenvalue weighted by Gasteiger charge is 2.18. The Morgan fingerprint density at radius 3 is 2.13 bits per heavy atom. The molecule has 2 rings (SSSR count). The van der Waals surface area contributed by atoms with Crippen molar-refractivity contribution in [1.29, 1.82) is 0 Å². The first kappa shape index (κ1) is 17.1. The van der Waals surface area contributed by atoms with Crippen molar-refractivity contribution in [2.75, 3.05) is 5.32 Å². The monoisotopic (exact) mass is 335 g/mol. The Morgan fingerprint density at radius 2 is 1.61 bits per heavy atom. The van der Waals surface area contributed by atoms with E-state index in [1.807, 2.05) is 0 Å². The zero-order chi connectivity index (χ0) is 17.0. The van der Waals surface area contributed by atoms with E-state index in [1.165, 1.54) is 24.3 Å². The molecule has 0 saturated heterocycles. The summed E-state index contributed by atoms with van der Waals surface area (Å²) in [5.41, 5.74) is 1.21. The molecule has 0 unspecified atom stereocenters. The van der Waals surface area contributed by atoms with Crippen LogP contribution in [0.2, 0.25) is 0 Å². The predicted octanol–water partition coefficient (Wildman–Crippen LogP) is 3.19. The van der Waals surface area contributed by atoms with E-state index in [2.05, 4.69) is 5.32 Å². The summed E-state index contributed by atoms with van der Waals surface area (Å²) in [6, 6.07) is 11.8. The van der Waals surface area contributed by atoms with Crippen molar-refractivity contribution in [2.45, 2.75) is 30.4 Å². The largest absolute Gasteiger partial charge is 0.326 e. The molecule has 0 spiro atoms. The summed E-state index contributed by atoms with van der Waals surface area (Å²) in [6.45, 7) is 3.24. The fraction of sp³-hybridized carbons (Fsp3) is 0.235. The predicted molar refractivity (Wildman–Crippen MR) is 87.5 cm³/mol. The lowest BCUT2D eigenvalue weighted by Crippen LogP contribution is -2.15. The molecule has 0 saturated carbocycles.